The summed E-state index contributed by atoms with van der Waals surface area (Å²) in [5, 5.41) is 21.1. The van der Waals surface area contributed by atoms with Gasteiger partial charge < -0.3 is 50.4 Å². The number of primary amides is 3. The maximum atomic E-state index is 14.9. The molecule has 12 rings (SSSR count). The third-order valence-electron chi connectivity index (χ3n) is 19.1. The van der Waals surface area contributed by atoms with E-state index in [1.807, 2.05) is 13.8 Å². The largest absolute Gasteiger partial charge is 0.383 e. The van der Waals surface area contributed by atoms with Crippen LogP contribution in [0.4, 0.5) is 57.0 Å². The average Bonchev–Trinajstić information content (AvgIpc) is 1.61. The summed E-state index contributed by atoms with van der Waals surface area (Å²) < 4.78 is 132. The molecule has 3 aliphatic heterocycles. The van der Waals surface area contributed by atoms with Crippen LogP contribution in [0.3, 0.4) is 0 Å². The van der Waals surface area contributed by atoms with Crippen LogP contribution < -0.4 is 50.4 Å². The number of anilines is 3. The number of alkyl halides is 6. The van der Waals surface area contributed by atoms with Crippen molar-refractivity contribution >= 4 is 52.9 Å². The highest BCUT2D eigenvalue weighted by atomic mass is 19.3. The molecule has 3 fully saturated rings. The molecule has 108 heavy (non-hydrogen) atoms. The van der Waals surface area contributed by atoms with Gasteiger partial charge in [0.15, 0.2) is 0 Å². The van der Waals surface area contributed by atoms with Crippen molar-refractivity contribution in [1.29, 1.82) is 0 Å². The van der Waals surface area contributed by atoms with Crippen molar-refractivity contribution in [3.05, 3.63) is 212 Å². The van der Waals surface area contributed by atoms with E-state index in [4.69, 9.17) is 34.4 Å². The Hall–Kier alpha value is -11.6. The van der Waals surface area contributed by atoms with Gasteiger partial charge in [0, 0.05) is 78.7 Å². The molecule has 24 nitrogen and oxygen atoms in total. The van der Waals surface area contributed by atoms with Crippen LogP contribution in [-0.2, 0) is 19.6 Å². The number of hydrogen-bond donors (Lipinski definition) is 9. The molecule has 33 heteroatoms. The summed E-state index contributed by atoms with van der Waals surface area (Å²) in [5.41, 5.74) is 41.0. The van der Waals surface area contributed by atoms with E-state index in [0.29, 0.717) is 51.1 Å². The van der Waals surface area contributed by atoms with E-state index in [2.05, 4.69) is 31.2 Å². The maximum absolute atomic E-state index is 14.9. The van der Waals surface area contributed by atoms with E-state index in [9.17, 15) is 68.3 Å². The molecule has 0 bridgehead atoms. The fourth-order valence-electron chi connectivity index (χ4n) is 13.1. The highest BCUT2D eigenvalue weighted by Gasteiger charge is 2.53. The lowest BCUT2D eigenvalue weighted by atomic mass is 10.0. The molecular formula is C75H81F9N18O6. The van der Waals surface area contributed by atoms with E-state index in [0.717, 1.165) is 19.6 Å². The van der Waals surface area contributed by atoms with Crippen LogP contribution >= 0.6 is 0 Å². The zero-order valence-corrected chi connectivity index (χ0v) is 59.8. The van der Waals surface area contributed by atoms with Crippen LogP contribution in [-0.4, -0.2) is 156 Å². The predicted octanol–water partition coefficient (Wildman–Crippen LogP) is 9.36. The van der Waals surface area contributed by atoms with Crippen molar-refractivity contribution in [1.82, 2.24) is 60.0 Å². The molecule has 6 aromatic carbocycles. The zero-order valence-electron chi connectivity index (χ0n) is 59.8. The summed E-state index contributed by atoms with van der Waals surface area (Å²) >= 11 is 0. The van der Waals surface area contributed by atoms with Crippen LogP contribution in [0, 0.1) is 38.2 Å². The van der Waals surface area contributed by atoms with Gasteiger partial charge in [0.1, 0.15) is 86.8 Å². The first-order valence-electron chi connectivity index (χ1n) is 34.1. The number of aryl methyl sites for hydroxylation is 3. The van der Waals surface area contributed by atoms with Crippen molar-refractivity contribution in [3.63, 3.8) is 0 Å². The number of hydrogen-bond acceptors (Lipinski definition) is 15. The lowest BCUT2D eigenvalue weighted by molar-refractivity contribution is -0.0259. The number of halogens is 9. The quantitative estimate of drug-likeness (QED) is 0.0321. The van der Waals surface area contributed by atoms with Gasteiger partial charge in [0.25, 0.3) is 53.2 Å². The van der Waals surface area contributed by atoms with E-state index >= 15 is 0 Å². The summed E-state index contributed by atoms with van der Waals surface area (Å²) in [7, 11) is 1.57. The van der Waals surface area contributed by atoms with Crippen molar-refractivity contribution < 1.29 is 68.3 Å². The first-order valence-corrected chi connectivity index (χ1v) is 34.1. The summed E-state index contributed by atoms with van der Waals surface area (Å²) in [6.45, 7) is 10.3. The molecule has 3 unspecified atom stereocenters. The van der Waals surface area contributed by atoms with Gasteiger partial charge in [-0.05, 0) is 118 Å². The van der Waals surface area contributed by atoms with Gasteiger partial charge in [-0.25, -0.2) is 53.6 Å². The molecular weight excluding hydrogens is 1420 g/mol. The van der Waals surface area contributed by atoms with Crippen LogP contribution in [0.1, 0.15) is 134 Å². The van der Waals surface area contributed by atoms with Gasteiger partial charge in [-0.15, -0.1) is 0 Å². The second kappa shape index (κ2) is 31.9. The van der Waals surface area contributed by atoms with Crippen molar-refractivity contribution in [2.75, 3.05) is 70.1 Å². The standard InChI is InChI=1S/C26H29F3N6O2.C25H27F3N6O2.C24H25F3N6O2/c1-14(2)34-12-20(26(28,29)13-34)35-23(30)21(24(31)36)22(33-35)17-7-5-16(6-8-17)11-32-25(37)19-10-18(27)9-4-15(19)3;1-3-33-12-19(25(27,28)13-33)34-22(29)20(23(30)35)21(32-34)16-7-5-15(6-8-16)11-31-24(36)18-10-17(26)9-4-14(18)2;1-13-3-8-16(25)9-17(13)23(35)30-10-14-4-6-15(7-5-14)20-19(22(29)34)21(28)33(31-20)18-11-32(2)12-24(18,26)27/h4-10,14,20H,11-13,30H2,1-3H3,(H2,31,36)(H,32,37);4-10,19H,3,11-13,29H2,1-2H3,(H2,30,35)(H,31,36);3-9,18H,10-12,28H2,1-2H3,(H2,29,34)(H,30,35). The smallest absolute Gasteiger partial charge is 0.283 e. The molecule has 0 saturated carbocycles. The number of carbonyl (C=O) groups excluding carboxylic acids is 6. The Kier molecular flexibility index (Phi) is 23.3. The number of carbonyl (C=O) groups is 6. The first kappa shape index (κ1) is 79.0. The fourth-order valence-corrected chi connectivity index (χ4v) is 13.1. The highest BCUT2D eigenvalue weighted by Crippen LogP contribution is 2.44. The Morgan fingerprint density at radius 3 is 1.02 bits per heavy atom. The number of nitrogen functional groups attached to an aromatic ring is 3. The SMILES string of the molecule is CCN1CC(n2nc(-c3ccc(CNC(=O)c4cc(F)ccc4C)cc3)c(C(N)=O)c2N)C(F)(F)C1.Cc1ccc(F)cc1C(=O)NCc1ccc(-c2nn(C3CN(C(C)C)CC3(F)F)c(N)c2C(N)=O)cc1.Cc1ccc(F)cc1C(=O)NCc1ccc(-c2nn(C3CN(C)CC3(F)F)c(N)c2C(N)=O)cc1. The number of rotatable bonds is 20. The van der Waals surface area contributed by atoms with Crippen molar-refractivity contribution in [2.24, 2.45) is 17.2 Å². The van der Waals surface area contributed by atoms with Gasteiger partial charge in [0.2, 0.25) is 0 Å². The lowest BCUT2D eigenvalue weighted by Gasteiger charge is -2.19. The lowest BCUT2D eigenvalue weighted by Crippen LogP contribution is -2.32. The molecule has 3 aromatic heterocycles. The molecule has 0 spiro atoms. The second-order valence-electron chi connectivity index (χ2n) is 27.1. The number of amides is 6. The van der Waals surface area contributed by atoms with E-state index in [-0.39, 0.29) is 113 Å². The number of nitrogens with two attached hydrogens (primary N) is 6. The zero-order chi connectivity index (χ0) is 78.8. The monoisotopic (exact) mass is 1500 g/mol. The van der Waals surface area contributed by atoms with E-state index in [1.165, 1.54) is 59.5 Å². The van der Waals surface area contributed by atoms with Crippen LogP contribution in [0.15, 0.2) is 127 Å². The summed E-state index contributed by atoms with van der Waals surface area (Å²) in [6.07, 6.45) is 0. The molecule has 9 aromatic rings. The highest BCUT2D eigenvalue weighted by molar-refractivity contribution is 6.05. The molecule has 3 aliphatic rings. The topological polar surface area (TPSA) is 358 Å². The van der Waals surface area contributed by atoms with E-state index in [1.54, 1.807) is 117 Å². The Bertz CT molecular complexity index is 4890. The predicted molar refractivity (Wildman–Crippen MR) is 387 cm³/mol. The first-order chi connectivity index (χ1) is 50.9. The molecule has 3 atom stereocenters. The normalized spacial score (nSPS) is 17.4. The number of benzene rings is 6. The summed E-state index contributed by atoms with van der Waals surface area (Å²) in [5.74, 6) is -15.3. The Morgan fingerprint density at radius 2 is 0.750 bits per heavy atom. The van der Waals surface area contributed by atoms with Gasteiger partial charge in [-0.2, -0.15) is 15.3 Å². The average molecular weight is 1500 g/mol. The third-order valence-corrected chi connectivity index (χ3v) is 19.1. The maximum Gasteiger partial charge on any atom is 0.283 e. The Balaban J connectivity index is 0.000000173. The van der Waals surface area contributed by atoms with E-state index < -0.39 is 108 Å². The molecule has 6 heterocycles. The second-order valence-corrected chi connectivity index (χ2v) is 27.1. The number of likely N-dealkylation sites (N-methyl/N-ethyl adjacent to an activating group) is 2. The minimum atomic E-state index is -3.10. The molecule has 0 aliphatic carbocycles. The van der Waals surface area contributed by atoms with Gasteiger partial charge >= 0.3 is 0 Å². The third kappa shape index (κ3) is 17.1. The fraction of sp³-hybridized carbons (Fsp3) is 0.320. The summed E-state index contributed by atoms with van der Waals surface area (Å²) in [4.78, 5) is 78.5. The minimum absolute atomic E-state index is 0.0138. The Morgan fingerprint density at radius 1 is 0.454 bits per heavy atom. The van der Waals surface area contributed by atoms with Crippen molar-refractivity contribution in [2.45, 2.75) is 103 Å². The Labute approximate surface area is 614 Å². The van der Waals surface area contributed by atoms with Crippen LogP contribution in [0.2, 0.25) is 0 Å². The molecule has 570 valence electrons. The molecule has 6 amide bonds. The minimum Gasteiger partial charge on any atom is -0.383 e. The number of likely N-dealkylation sites (tertiary alicyclic amines) is 3. The van der Waals surface area contributed by atoms with Gasteiger partial charge in [0.05, 0.1) is 19.6 Å². The number of nitrogens with zero attached hydrogens (tertiary/aromatic N) is 9. The molecule has 3 saturated heterocycles. The number of aromatic nitrogens is 6. The number of nitrogens with one attached hydrogen (secondary N) is 3. The van der Waals surface area contributed by atoms with Crippen molar-refractivity contribution in [3.8, 4) is 33.8 Å². The molecule has 15 N–H and O–H groups in total. The molecule has 0 radical (unpaired) electrons. The summed E-state index contributed by atoms with van der Waals surface area (Å²) in [6, 6.07) is 27.8. The van der Waals surface area contributed by atoms with Crippen LogP contribution in [0.5, 0.6) is 0 Å². The van der Waals surface area contributed by atoms with Crippen LogP contribution in [0.25, 0.3) is 33.8 Å². The van der Waals surface area contributed by atoms with Gasteiger partial charge in [-0.1, -0.05) is 97.9 Å². The van der Waals surface area contributed by atoms with Gasteiger partial charge in [-0.3, -0.25) is 43.5 Å².